The lowest BCUT2D eigenvalue weighted by Gasteiger charge is -2.22. The maximum Gasteiger partial charge on any atom is 0.323 e. The van der Waals surface area contributed by atoms with Gasteiger partial charge in [0.1, 0.15) is 11.9 Å². The van der Waals surface area contributed by atoms with Crippen molar-refractivity contribution in [2.75, 3.05) is 12.4 Å². The quantitative estimate of drug-likeness (QED) is 0.251. The molecule has 6 nitrogen and oxygen atoms in total. The van der Waals surface area contributed by atoms with Crippen LogP contribution in [0, 0.1) is 5.82 Å². The number of hydrogen-bond acceptors (Lipinski definition) is 7. The molecule has 0 aliphatic heterocycles. The second kappa shape index (κ2) is 12.4. The number of esters is 1. The van der Waals surface area contributed by atoms with Crippen molar-refractivity contribution in [3.05, 3.63) is 105 Å². The van der Waals surface area contributed by atoms with Crippen LogP contribution in [0.15, 0.2) is 60.8 Å². The van der Waals surface area contributed by atoms with E-state index < -0.39 is 11.9 Å². The Balaban J connectivity index is 1.33. The number of ether oxygens (including phenoxy) is 2. The Labute approximate surface area is 236 Å². The van der Waals surface area contributed by atoms with Crippen molar-refractivity contribution in [1.82, 2.24) is 9.97 Å². The summed E-state index contributed by atoms with van der Waals surface area (Å²) in [5, 5.41) is 0.719. The molecule has 1 aliphatic rings. The molecule has 0 fully saturated rings. The number of rotatable bonds is 9. The van der Waals surface area contributed by atoms with E-state index in [0.717, 1.165) is 35.4 Å². The minimum absolute atomic E-state index is 0.0149. The third-order valence-corrected chi connectivity index (χ3v) is 8.35. The van der Waals surface area contributed by atoms with Crippen molar-refractivity contribution in [2.45, 2.75) is 44.3 Å². The highest BCUT2D eigenvalue weighted by molar-refractivity contribution is 7.99. The molecule has 1 aliphatic carbocycles. The van der Waals surface area contributed by atoms with E-state index in [0.29, 0.717) is 36.5 Å². The SMILES string of the molecule is CCOC(=O)C(N)CSC1c2cc(COCc3ccc4cc(F)c(Cl)cc4n3)ccc2CCc2ncccc21. The first-order valence-corrected chi connectivity index (χ1v) is 14.3. The highest BCUT2D eigenvalue weighted by Crippen LogP contribution is 2.42. The number of carbonyl (C=O) groups excluding carboxylic acids is 1. The molecule has 2 atom stereocenters. The Hall–Kier alpha value is -3.04. The molecule has 4 aromatic rings. The predicted octanol–water partition coefficient (Wildman–Crippen LogP) is 5.95. The van der Waals surface area contributed by atoms with Gasteiger partial charge in [-0.05, 0) is 66.3 Å². The van der Waals surface area contributed by atoms with Gasteiger partial charge in [-0.1, -0.05) is 41.9 Å². The lowest BCUT2D eigenvalue weighted by atomic mass is 9.98. The van der Waals surface area contributed by atoms with E-state index in [1.807, 2.05) is 24.4 Å². The minimum Gasteiger partial charge on any atom is -0.465 e. The smallest absolute Gasteiger partial charge is 0.323 e. The lowest BCUT2D eigenvalue weighted by Crippen LogP contribution is -2.34. The average Bonchev–Trinajstić information content (AvgIpc) is 3.09. The number of carbonyl (C=O) groups is 1. The second-order valence-corrected chi connectivity index (χ2v) is 10.9. The van der Waals surface area contributed by atoms with Crippen molar-refractivity contribution in [3.8, 4) is 0 Å². The largest absolute Gasteiger partial charge is 0.465 e. The maximum atomic E-state index is 13.7. The van der Waals surface area contributed by atoms with Gasteiger partial charge in [-0.15, -0.1) is 11.8 Å². The second-order valence-electron chi connectivity index (χ2n) is 9.40. The van der Waals surface area contributed by atoms with Gasteiger partial charge in [0, 0.05) is 23.0 Å². The van der Waals surface area contributed by atoms with Crippen LogP contribution >= 0.6 is 23.4 Å². The molecule has 202 valence electrons. The van der Waals surface area contributed by atoms with Crippen LogP contribution in [0.3, 0.4) is 0 Å². The highest BCUT2D eigenvalue weighted by atomic mass is 35.5. The van der Waals surface area contributed by atoms with Crippen LogP contribution in [0.2, 0.25) is 5.02 Å². The Morgan fingerprint density at radius 1 is 1.15 bits per heavy atom. The number of aryl methyl sites for hydroxylation is 2. The molecule has 0 saturated carbocycles. The molecule has 0 spiro atoms. The number of thioether (sulfide) groups is 1. The number of hydrogen-bond donors (Lipinski definition) is 1. The van der Waals surface area contributed by atoms with Crippen LogP contribution < -0.4 is 5.73 Å². The van der Waals surface area contributed by atoms with Gasteiger partial charge < -0.3 is 15.2 Å². The highest BCUT2D eigenvalue weighted by Gasteiger charge is 2.27. The first-order chi connectivity index (χ1) is 18.9. The third-order valence-electron chi connectivity index (χ3n) is 6.67. The molecular weight excluding hydrogens is 537 g/mol. The summed E-state index contributed by atoms with van der Waals surface area (Å²) in [6, 6.07) is 16.3. The van der Waals surface area contributed by atoms with Gasteiger partial charge in [0.05, 0.1) is 41.3 Å². The van der Waals surface area contributed by atoms with Crippen LogP contribution in [0.5, 0.6) is 0 Å². The van der Waals surface area contributed by atoms with Crippen LogP contribution in [0.25, 0.3) is 10.9 Å². The van der Waals surface area contributed by atoms with Crippen LogP contribution in [-0.2, 0) is 40.3 Å². The van der Waals surface area contributed by atoms with E-state index in [2.05, 4.69) is 34.2 Å². The summed E-state index contributed by atoms with van der Waals surface area (Å²) < 4.78 is 24.9. The summed E-state index contributed by atoms with van der Waals surface area (Å²) in [7, 11) is 0. The summed E-state index contributed by atoms with van der Waals surface area (Å²) >= 11 is 7.56. The van der Waals surface area contributed by atoms with E-state index >= 15 is 0 Å². The molecule has 2 unspecified atom stereocenters. The van der Waals surface area contributed by atoms with Crippen molar-refractivity contribution in [2.24, 2.45) is 5.73 Å². The number of nitrogens with zero attached hydrogens (tertiary/aromatic N) is 2. The zero-order valence-electron chi connectivity index (χ0n) is 21.5. The van der Waals surface area contributed by atoms with Gasteiger partial charge in [0.25, 0.3) is 0 Å². The molecular formula is C30H29ClFN3O3S. The molecule has 5 rings (SSSR count). The standard InChI is InChI=1S/C30H29ClFN3O3S/c1-2-38-30(36)26(33)17-39-29-22-4-3-11-34-27(22)10-8-19-6-5-18(12-23(19)29)15-37-16-21-9-7-20-13-25(32)24(31)14-28(20)35-21/h3-7,9,11-14,26,29H,2,8,10,15-17,33H2,1H3. The van der Waals surface area contributed by atoms with Crippen molar-refractivity contribution in [3.63, 3.8) is 0 Å². The van der Waals surface area contributed by atoms with Crippen LogP contribution in [0.1, 0.15) is 45.8 Å². The Morgan fingerprint density at radius 2 is 2.03 bits per heavy atom. The fourth-order valence-electron chi connectivity index (χ4n) is 4.74. The molecule has 0 amide bonds. The molecule has 9 heteroatoms. The summed E-state index contributed by atoms with van der Waals surface area (Å²) in [6.07, 6.45) is 3.55. The summed E-state index contributed by atoms with van der Waals surface area (Å²) in [4.78, 5) is 21.4. The van der Waals surface area contributed by atoms with Crippen LogP contribution in [-0.4, -0.2) is 34.3 Å². The summed E-state index contributed by atoms with van der Waals surface area (Å²) in [6.45, 7) is 2.79. The predicted molar refractivity (Wildman–Crippen MR) is 152 cm³/mol. The van der Waals surface area contributed by atoms with E-state index in [-0.39, 0.29) is 16.2 Å². The van der Waals surface area contributed by atoms with Crippen molar-refractivity contribution >= 4 is 40.2 Å². The minimum atomic E-state index is -0.700. The van der Waals surface area contributed by atoms with Crippen molar-refractivity contribution < 1.29 is 18.7 Å². The van der Waals surface area contributed by atoms with Gasteiger partial charge in [-0.25, -0.2) is 4.39 Å². The summed E-state index contributed by atoms with van der Waals surface area (Å²) in [5.74, 6) is -0.419. The molecule has 2 aromatic heterocycles. The third kappa shape index (κ3) is 6.41. The van der Waals surface area contributed by atoms with Gasteiger partial charge in [-0.2, -0.15) is 0 Å². The molecule has 0 saturated heterocycles. The average molecular weight is 566 g/mol. The zero-order valence-corrected chi connectivity index (χ0v) is 23.1. The van der Waals surface area contributed by atoms with Gasteiger partial charge >= 0.3 is 5.97 Å². The molecule has 2 heterocycles. The van der Waals surface area contributed by atoms with Crippen molar-refractivity contribution in [1.29, 1.82) is 0 Å². The maximum absolute atomic E-state index is 13.7. The zero-order chi connectivity index (χ0) is 27.4. The van der Waals surface area contributed by atoms with Gasteiger partial charge in [0.15, 0.2) is 0 Å². The Bertz CT molecular complexity index is 1500. The van der Waals surface area contributed by atoms with Gasteiger partial charge in [0.2, 0.25) is 0 Å². The molecule has 0 bridgehead atoms. The Morgan fingerprint density at radius 3 is 2.87 bits per heavy atom. The number of halogens is 2. The Kier molecular flexibility index (Phi) is 8.77. The molecule has 0 radical (unpaired) electrons. The first-order valence-electron chi connectivity index (χ1n) is 12.8. The normalized spacial score (nSPS) is 15.3. The van der Waals surface area contributed by atoms with E-state index in [1.54, 1.807) is 18.7 Å². The van der Waals surface area contributed by atoms with E-state index in [1.165, 1.54) is 23.3 Å². The van der Waals surface area contributed by atoms with Gasteiger partial charge in [-0.3, -0.25) is 14.8 Å². The number of fused-ring (bicyclic) bond motifs is 3. The molecule has 2 N–H and O–H groups in total. The van der Waals surface area contributed by atoms with E-state index in [9.17, 15) is 9.18 Å². The molecule has 2 aromatic carbocycles. The number of pyridine rings is 2. The fraction of sp³-hybridized carbons (Fsp3) is 0.300. The number of benzene rings is 2. The first kappa shape index (κ1) is 27.5. The van der Waals surface area contributed by atoms with E-state index in [4.69, 9.17) is 26.8 Å². The number of nitrogens with two attached hydrogens (primary N) is 1. The lowest BCUT2D eigenvalue weighted by molar-refractivity contribution is -0.144. The fourth-order valence-corrected chi connectivity index (χ4v) is 6.22. The molecule has 39 heavy (non-hydrogen) atoms. The summed E-state index contributed by atoms with van der Waals surface area (Å²) in [5.41, 5.74) is 13.2. The number of aromatic nitrogens is 2. The monoisotopic (exact) mass is 565 g/mol. The topological polar surface area (TPSA) is 87.3 Å². The van der Waals surface area contributed by atoms with Crippen LogP contribution in [0.4, 0.5) is 4.39 Å².